The van der Waals surface area contributed by atoms with Gasteiger partial charge >= 0.3 is 0 Å². The largest absolute Gasteiger partial charge is 0.342 e. The SMILES string of the molecule is NCc1ccc2nc(CC3CCCCCC3)[nH]c2c1. The normalized spacial score (nSPS) is 17.7. The summed E-state index contributed by atoms with van der Waals surface area (Å²) in [5.41, 5.74) is 9.05. The van der Waals surface area contributed by atoms with E-state index in [1.165, 1.54) is 38.5 Å². The maximum atomic E-state index is 5.68. The molecule has 0 atom stereocenters. The smallest absolute Gasteiger partial charge is 0.107 e. The van der Waals surface area contributed by atoms with Crippen molar-refractivity contribution in [2.24, 2.45) is 11.7 Å². The molecule has 0 unspecified atom stereocenters. The fourth-order valence-electron chi connectivity index (χ4n) is 3.17. The molecule has 3 N–H and O–H groups in total. The van der Waals surface area contributed by atoms with E-state index in [0.29, 0.717) is 6.54 Å². The summed E-state index contributed by atoms with van der Waals surface area (Å²) < 4.78 is 0. The van der Waals surface area contributed by atoms with Gasteiger partial charge in [-0.3, -0.25) is 0 Å². The van der Waals surface area contributed by atoms with E-state index < -0.39 is 0 Å². The highest BCUT2D eigenvalue weighted by Crippen LogP contribution is 2.26. The minimum Gasteiger partial charge on any atom is -0.342 e. The maximum Gasteiger partial charge on any atom is 0.107 e. The lowest BCUT2D eigenvalue weighted by atomic mass is 9.96. The van der Waals surface area contributed by atoms with Crippen LogP contribution in [0.15, 0.2) is 18.2 Å². The standard InChI is InChI=1S/C16H23N3/c17-11-13-7-8-14-15(9-13)19-16(18-14)10-12-5-3-1-2-4-6-12/h7-9,12H,1-6,10-11,17H2,(H,18,19). The Bertz CT molecular complexity index is 536. The average Bonchev–Trinajstić information content (AvgIpc) is 2.64. The van der Waals surface area contributed by atoms with Gasteiger partial charge in [0.05, 0.1) is 11.0 Å². The molecular formula is C16H23N3. The van der Waals surface area contributed by atoms with Crippen molar-refractivity contribution in [3.8, 4) is 0 Å². The van der Waals surface area contributed by atoms with Crippen molar-refractivity contribution < 1.29 is 0 Å². The molecule has 3 rings (SSSR count). The van der Waals surface area contributed by atoms with Crippen molar-refractivity contribution in [1.82, 2.24) is 9.97 Å². The number of nitrogens with zero attached hydrogens (tertiary/aromatic N) is 1. The third kappa shape index (κ3) is 2.98. The lowest BCUT2D eigenvalue weighted by Crippen LogP contribution is -2.04. The van der Waals surface area contributed by atoms with Gasteiger partial charge in [-0.2, -0.15) is 0 Å². The zero-order valence-corrected chi connectivity index (χ0v) is 11.5. The Labute approximate surface area is 114 Å². The lowest BCUT2D eigenvalue weighted by Gasteiger charge is -2.11. The van der Waals surface area contributed by atoms with Crippen molar-refractivity contribution in [1.29, 1.82) is 0 Å². The van der Waals surface area contributed by atoms with E-state index in [0.717, 1.165) is 34.8 Å². The highest BCUT2D eigenvalue weighted by molar-refractivity contribution is 5.75. The molecule has 0 amide bonds. The molecule has 3 nitrogen and oxygen atoms in total. The van der Waals surface area contributed by atoms with Gasteiger partial charge in [0.15, 0.2) is 0 Å². The molecule has 1 aromatic carbocycles. The number of nitrogens with two attached hydrogens (primary N) is 1. The summed E-state index contributed by atoms with van der Waals surface area (Å²) in [5.74, 6) is 1.97. The van der Waals surface area contributed by atoms with Crippen molar-refractivity contribution in [3.63, 3.8) is 0 Å². The molecule has 3 heteroatoms. The third-order valence-electron chi connectivity index (χ3n) is 4.29. The Kier molecular flexibility index (Phi) is 3.83. The second-order valence-electron chi connectivity index (χ2n) is 5.80. The van der Waals surface area contributed by atoms with Crippen molar-refractivity contribution in [2.75, 3.05) is 0 Å². The summed E-state index contributed by atoms with van der Waals surface area (Å²) in [6, 6.07) is 6.27. The third-order valence-corrected chi connectivity index (χ3v) is 4.29. The van der Waals surface area contributed by atoms with Crippen LogP contribution in [0.5, 0.6) is 0 Å². The molecule has 1 fully saturated rings. The Morgan fingerprint density at radius 2 is 1.95 bits per heavy atom. The van der Waals surface area contributed by atoms with Crippen LogP contribution in [0, 0.1) is 5.92 Å². The zero-order valence-electron chi connectivity index (χ0n) is 11.5. The quantitative estimate of drug-likeness (QED) is 0.826. The molecule has 102 valence electrons. The summed E-state index contributed by atoms with van der Waals surface area (Å²) in [4.78, 5) is 8.19. The van der Waals surface area contributed by atoms with Gasteiger partial charge in [0.2, 0.25) is 0 Å². The molecule has 0 radical (unpaired) electrons. The summed E-state index contributed by atoms with van der Waals surface area (Å²) >= 11 is 0. The van der Waals surface area contributed by atoms with Gasteiger partial charge in [-0.1, -0.05) is 44.6 Å². The first kappa shape index (κ1) is 12.7. The highest BCUT2D eigenvalue weighted by Gasteiger charge is 2.14. The molecule has 0 spiro atoms. The van der Waals surface area contributed by atoms with Gasteiger partial charge in [0.25, 0.3) is 0 Å². The summed E-state index contributed by atoms with van der Waals surface area (Å²) in [6.07, 6.45) is 9.44. The molecule has 1 heterocycles. The van der Waals surface area contributed by atoms with Crippen LogP contribution in [0.1, 0.15) is 49.9 Å². The predicted octanol–water partition coefficient (Wildman–Crippen LogP) is 3.53. The van der Waals surface area contributed by atoms with E-state index in [1.807, 2.05) is 0 Å². The zero-order chi connectivity index (χ0) is 13.1. The van der Waals surface area contributed by atoms with Crippen LogP contribution in [0.2, 0.25) is 0 Å². The first-order chi connectivity index (χ1) is 9.35. The van der Waals surface area contributed by atoms with E-state index >= 15 is 0 Å². The van der Waals surface area contributed by atoms with Gasteiger partial charge in [-0.05, 0) is 23.6 Å². The van der Waals surface area contributed by atoms with Crippen LogP contribution < -0.4 is 5.73 Å². The monoisotopic (exact) mass is 257 g/mol. The van der Waals surface area contributed by atoms with Gasteiger partial charge in [0, 0.05) is 13.0 Å². The number of nitrogens with one attached hydrogen (secondary N) is 1. The summed E-state index contributed by atoms with van der Waals surface area (Å²) in [5, 5.41) is 0. The van der Waals surface area contributed by atoms with E-state index in [9.17, 15) is 0 Å². The molecule has 0 bridgehead atoms. The number of benzene rings is 1. The molecule has 0 aliphatic heterocycles. The first-order valence-corrected chi connectivity index (χ1v) is 7.53. The first-order valence-electron chi connectivity index (χ1n) is 7.53. The lowest BCUT2D eigenvalue weighted by molar-refractivity contribution is 0.450. The predicted molar refractivity (Wildman–Crippen MR) is 78.9 cm³/mol. The Morgan fingerprint density at radius 1 is 1.16 bits per heavy atom. The van der Waals surface area contributed by atoms with Crippen molar-refractivity contribution in [3.05, 3.63) is 29.6 Å². The topological polar surface area (TPSA) is 54.7 Å². The molecule has 1 saturated carbocycles. The van der Waals surface area contributed by atoms with Crippen LogP contribution in [0.4, 0.5) is 0 Å². The minimum atomic E-state index is 0.590. The van der Waals surface area contributed by atoms with Crippen LogP contribution in [-0.4, -0.2) is 9.97 Å². The Hall–Kier alpha value is -1.35. The van der Waals surface area contributed by atoms with E-state index in [-0.39, 0.29) is 0 Å². The second-order valence-corrected chi connectivity index (χ2v) is 5.80. The van der Waals surface area contributed by atoms with E-state index in [2.05, 4.69) is 23.2 Å². The van der Waals surface area contributed by atoms with E-state index in [1.54, 1.807) is 0 Å². The van der Waals surface area contributed by atoms with Crippen molar-refractivity contribution >= 4 is 11.0 Å². The number of imidazole rings is 1. The molecule has 19 heavy (non-hydrogen) atoms. The number of fused-ring (bicyclic) bond motifs is 1. The fourth-order valence-corrected chi connectivity index (χ4v) is 3.17. The number of H-pyrrole nitrogens is 1. The van der Waals surface area contributed by atoms with Gasteiger partial charge < -0.3 is 10.7 Å². The van der Waals surface area contributed by atoms with Crippen LogP contribution in [-0.2, 0) is 13.0 Å². The molecular weight excluding hydrogens is 234 g/mol. The van der Waals surface area contributed by atoms with E-state index in [4.69, 9.17) is 10.7 Å². The molecule has 2 aromatic rings. The number of hydrogen-bond donors (Lipinski definition) is 2. The average molecular weight is 257 g/mol. The van der Waals surface area contributed by atoms with Crippen LogP contribution >= 0.6 is 0 Å². The molecule has 1 aliphatic carbocycles. The highest BCUT2D eigenvalue weighted by atomic mass is 14.9. The summed E-state index contributed by atoms with van der Waals surface area (Å²) in [7, 11) is 0. The Balaban J connectivity index is 1.76. The number of hydrogen-bond acceptors (Lipinski definition) is 2. The van der Waals surface area contributed by atoms with Crippen LogP contribution in [0.3, 0.4) is 0 Å². The molecule has 1 aromatic heterocycles. The van der Waals surface area contributed by atoms with Gasteiger partial charge in [0.1, 0.15) is 5.82 Å². The minimum absolute atomic E-state index is 0.590. The number of aromatic amines is 1. The number of rotatable bonds is 3. The molecule has 1 aliphatic rings. The Morgan fingerprint density at radius 3 is 2.68 bits per heavy atom. The molecule has 0 saturated heterocycles. The maximum absolute atomic E-state index is 5.68. The van der Waals surface area contributed by atoms with Gasteiger partial charge in [-0.25, -0.2) is 4.98 Å². The summed E-state index contributed by atoms with van der Waals surface area (Å²) in [6.45, 7) is 0.590. The fraction of sp³-hybridized carbons (Fsp3) is 0.562. The van der Waals surface area contributed by atoms with Crippen molar-refractivity contribution in [2.45, 2.75) is 51.5 Å². The second kappa shape index (κ2) is 5.74. The van der Waals surface area contributed by atoms with Crippen LogP contribution in [0.25, 0.3) is 11.0 Å². The number of aromatic nitrogens is 2. The van der Waals surface area contributed by atoms with Gasteiger partial charge in [-0.15, -0.1) is 0 Å².